The van der Waals surface area contributed by atoms with Gasteiger partial charge in [-0.1, -0.05) is 0 Å². The molecule has 1 saturated heterocycles. The number of carbonyl (C=O) groups is 1. The van der Waals surface area contributed by atoms with Gasteiger partial charge in [0.05, 0.1) is 19.3 Å². The van der Waals surface area contributed by atoms with Crippen LogP contribution in [0.3, 0.4) is 0 Å². The van der Waals surface area contributed by atoms with Crippen LogP contribution in [0.2, 0.25) is 0 Å². The van der Waals surface area contributed by atoms with E-state index in [-0.39, 0.29) is 5.97 Å². The van der Waals surface area contributed by atoms with Crippen molar-refractivity contribution in [2.75, 3.05) is 27.3 Å². The van der Waals surface area contributed by atoms with Gasteiger partial charge in [-0.05, 0) is 38.9 Å². The number of ether oxygens (including phenoxy) is 2. The Bertz CT molecular complexity index is 436. The largest absolute Gasteiger partial charge is 0.478 e. The zero-order valence-corrected chi connectivity index (χ0v) is 11.5. The number of hydrogen-bond acceptors (Lipinski definition) is 5. The predicted molar refractivity (Wildman–Crippen MR) is 71.3 cm³/mol. The van der Waals surface area contributed by atoms with E-state index in [4.69, 9.17) is 4.74 Å². The maximum atomic E-state index is 11.4. The van der Waals surface area contributed by atoms with Crippen LogP contribution in [0.1, 0.15) is 29.6 Å². The van der Waals surface area contributed by atoms with Crippen molar-refractivity contribution in [3.05, 3.63) is 23.9 Å². The molecule has 19 heavy (non-hydrogen) atoms. The molecule has 5 heteroatoms. The third kappa shape index (κ3) is 3.67. The molecule has 1 atom stereocenters. The molecule has 1 fully saturated rings. The van der Waals surface area contributed by atoms with Gasteiger partial charge >= 0.3 is 5.97 Å². The molecule has 0 saturated carbocycles. The molecule has 5 nitrogen and oxygen atoms in total. The standard InChI is InChI=1S/C14H20N2O3/c1-16-8-3-4-12(16)6-9-19-13-10-11(5-7-15-13)14(17)18-2/h5,7,10,12H,3-4,6,8-9H2,1-2H3. The number of esters is 1. The zero-order valence-electron chi connectivity index (χ0n) is 11.5. The first-order valence-corrected chi connectivity index (χ1v) is 6.58. The number of carbonyl (C=O) groups excluding carboxylic acids is 1. The van der Waals surface area contributed by atoms with Gasteiger partial charge in [0.2, 0.25) is 5.88 Å². The number of likely N-dealkylation sites (tertiary alicyclic amines) is 1. The van der Waals surface area contributed by atoms with Gasteiger partial charge in [0.15, 0.2) is 0 Å². The highest BCUT2D eigenvalue weighted by Crippen LogP contribution is 2.18. The monoisotopic (exact) mass is 264 g/mol. The molecule has 0 aliphatic carbocycles. The molecule has 0 spiro atoms. The van der Waals surface area contributed by atoms with Gasteiger partial charge in [-0.3, -0.25) is 0 Å². The average Bonchev–Trinajstić information content (AvgIpc) is 2.84. The van der Waals surface area contributed by atoms with E-state index in [0.717, 1.165) is 6.42 Å². The van der Waals surface area contributed by atoms with Crippen LogP contribution in [0.15, 0.2) is 18.3 Å². The van der Waals surface area contributed by atoms with E-state index in [2.05, 4.69) is 21.7 Å². The average molecular weight is 264 g/mol. The lowest BCUT2D eigenvalue weighted by Gasteiger charge is -2.19. The molecular weight excluding hydrogens is 244 g/mol. The summed E-state index contributed by atoms with van der Waals surface area (Å²) in [5.41, 5.74) is 0.463. The van der Waals surface area contributed by atoms with Gasteiger partial charge in [-0.2, -0.15) is 0 Å². The Kier molecular flexibility index (Phi) is 4.74. The topological polar surface area (TPSA) is 51.7 Å². The minimum absolute atomic E-state index is 0.372. The summed E-state index contributed by atoms with van der Waals surface area (Å²) in [6.45, 7) is 1.79. The molecule has 0 bridgehead atoms. The molecule has 2 heterocycles. The fourth-order valence-electron chi connectivity index (χ4n) is 2.38. The quantitative estimate of drug-likeness (QED) is 0.758. The lowest BCUT2D eigenvalue weighted by molar-refractivity contribution is 0.0600. The summed E-state index contributed by atoms with van der Waals surface area (Å²) in [6.07, 6.45) is 5.04. The molecule has 1 aromatic rings. The van der Waals surface area contributed by atoms with Crippen molar-refractivity contribution >= 4 is 5.97 Å². The minimum Gasteiger partial charge on any atom is -0.478 e. The third-order valence-corrected chi connectivity index (χ3v) is 3.53. The lowest BCUT2D eigenvalue weighted by Crippen LogP contribution is -2.26. The van der Waals surface area contributed by atoms with Crippen LogP contribution in [0, 0.1) is 0 Å². The predicted octanol–water partition coefficient (Wildman–Crippen LogP) is 1.73. The molecule has 0 aromatic carbocycles. The molecule has 1 aliphatic heterocycles. The smallest absolute Gasteiger partial charge is 0.338 e. The number of aromatic nitrogens is 1. The van der Waals surface area contributed by atoms with Crippen LogP contribution in [0.5, 0.6) is 5.88 Å². The summed E-state index contributed by atoms with van der Waals surface area (Å²) < 4.78 is 10.3. The van der Waals surface area contributed by atoms with Gasteiger partial charge in [-0.25, -0.2) is 9.78 Å². The molecule has 0 radical (unpaired) electrons. The summed E-state index contributed by atoms with van der Waals surface area (Å²) in [6, 6.07) is 3.83. The van der Waals surface area contributed by atoms with Gasteiger partial charge < -0.3 is 14.4 Å². The van der Waals surface area contributed by atoms with Crippen LogP contribution in [-0.4, -0.2) is 49.2 Å². The summed E-state index contributed by atoms with van der Waals surface area (Å²) in [7, 11) is 3.51. The van der Waals surface area contributed by atoms with Crippen LogP contribution in [0.4, 0.5) is 0 Å². The van der Waals surface area contributed by atoms with E-state index in [1.807, 2.05) is 0 Å². The SMILES string of the molecule is COC(=O)c1ccnc(OCCC2CCCN2C)c1. The maximum absolute atomic E-state index is 11.4. The van der Waals surface area contributed by atoms with Gasteiger partial charge in [0.25, 0.3) is 0 Å². The highest BCUT2D eigenvalue weighted by atomic mass is 16.5. The molecular formula is C14H20N2O3. The molecule has 1 aromatic heterocycles. The number of methoxy groups -OCH3 is 1. The second-order valence-corrected chi connectivity index (χ2v) is 4.79. The van der Waals surface area contributed by atoms with E-state index in [1.54, 1.807) is 18.3 Å². The molecule has 1 aliphatic rings. The number of hydrogen-bond donors (Lipinski definition) is 0. The second kappa shape index (κ2) is 6.52. The van der Waals surface area contributed by atoms with Crippen molar-refractivity contribution in [1.82, 2.24) is 9.88 Å². The fraction of sp³-hybridized carbons (Fsp3) is 0.571. The maximum Gasteiger partial charge on any atom is 0.338 e. The summed E-state index contributed by atoms with van der Waals surface area (Å²) in [5, 5.41) is 0. The van der Waals surface area contributed by atoms with Crippen LogP contribution in [-0.2, 0) is 4.74 Å². The first-order valence-electron chi connectivity index (χ1n) is 6.58. The highest BCUT2D eigenvalue weighted by molar-refractivity contribution is 5.89. The second-order valence-electron chi connectivity index (χ2n) is 4.79. The Morgan fingerprint density at radius 3 is 3.11 bits per heavy atom. The Balaban J connectivity index is 1.84. The van der Waals surface area contributed by atoms with Crippen molar-refractivity contribution in [3.8, 4) is 5.88 Å². The summed E-state index contributed by atoms with van der Waals surface area (Å²) in [4.78, 5) is 17.8. The van der Waals surface area contributed by atoms with Crippen molar-refractivity contribution in [1.29, 1.82) is 0 Å². The molecule has 1 unspecified atom stereocenters. The lowest BCUT2D eigenvalue weighted by atomic mass is 10.1. The first kappa shape index (κ1) is 13.8. The van der Waals surface area contributed by atoms with E-state index >= 15 is 0 Å². The molecule has 104 valence electrons. The molecule has 0 N–H and O–H groups in total. The first-order chi connectivity index (χ1) is 9.20. The van der Waals surface area contributed by atoms with Crippen LogP contribution >= 0.6 is 0 Å². The van der Waals surface area contributed by atoms with Crippen LogP contribution in [0.25, 0.3) is 0 Å². The van der Waals surface area contributed by atoms with Gasteiger partial charge in [0, 0.05) is 18.3 Å². The summed E-state index contributed by atoms with van der Waals surface area (Å²) in [5.74, 6) is 0.103. The van der Waals surface area contributed by atoms with E-state index in [1.165, 1.54) is 26.5 Å². The number of nitrogens with zero attached hydrogens (tertiary/aromatic N) is 2. The zero-order chi connectivity index (χ0) is 13.7. The number of pyridine rings is 1. The van der Waals surface area contributed by atoms with Crippen molar-refractivity contribution in [3.63, 3.8) is 0 Å². The van der Waals surface area contributed by atoms with Crippen LogP contribution < -0.4 is 4.74 Å². The fourth-order valence-corrected chi connectivity index (χ4v) is 2.38. The third-order valence-electron chi connectivity index (χ3n) is 3.53. The number of rotatable bonds is 5. The highest BCUT2D eigenvalue weighted by Gasteiger charge is 2.20. The van der Waals surface area contributed by atoms with E-state index in [9.17, 15) is 4.79 Å². The molecule has 2 rings (SSSR count). The van der Waals surface area contributed by atoms with Crippen molar-refractivity contribution < 1.29 is 14.3 Å². The van der Waals surface area contributed by atoms with E-state index in [0.29, 0.717) is 24.1 Å². The van der Waals surface area contributed by atoms with Crippen molar-refractivity contribution in [2.24, 2.45) is 0 Å². The summed E-state index contributed by atoms with van der Waals surface area (Å²) >= 11 is 0. The minimum atomic E-state index is -0.372. The Hall–Kier alpha value is -1.62. The normalized spacial score (nSPS) is 19.4. The van der Waals surface area contributed by atoms with Crippen molar-refractivity contribution in [2.45, 2.75) is 25.3 Å². The Morgan fingerprint density at radius 2 is 2.42 bits per heavy atom. The van der Waals surface area contributed by atoms with Gasteiger partial charge in [0.1, 0.15) is 0 Å². The van der Waals surface area contributed by atoms with E-state index < -0.39 is 0 Å². The molecule has 0 amide bonds. The van der Waals surface area contributed by atoms with Gasteiger partial charge in [-0.15, -0.1) is 0 Å². The Labute approximate surface area is 113 Å². The Morgan fingerprint density at radius 1 is 1.58 bits per heavy atom.